The number of carboxylic acids is 1. The molecule has 0 saturated heterocycles. The van der Waals surface area contributed by atoms with E-state index in [1.807, 2.05) is 31.2 Å². The van der Waals surface area contributed by atoms with Crippen LogP contribution in [0.1, 0.15) is 37.7 Å². The lowest BCUT2D eigenvalue weighted by atomic mass is 9.82. The van der Waals surface area contributed by atoms with Crippen molar-refractivity contribution < 1.29 is 14.7 Å². The smallest absolute Gasteiger partial charge is 0.225 e. The van der Waals surface area contributed by atoms with Gasteiger partial charge in [0.2, 0.25) is 5.91 Å². The van der Waals surface area contributed by atoms with Crippen LogP contribution in [0.4, 0.5) is 5.69 Å². The molecule has 102 valence electrons. The Balaban J connectivity index is 2.05. The molecule has 2 rings (SSSR count). The monoisotopic (exact) mass is 260 g/mol. The molecule has 0 bridgehead atoms. The maximum absolute atomic E-state index is 12.0. The molecule has 4 heteroatoms. The van der Waals surface area contributed by atoms with Crippen LogP contribution in [0.2, 0.25) is 0 Å². The molecule has 0 heterocycles. The Bertz CT molecular complexity index is 490. The first kappa shape index (κ1) is 13.6. The van der Waals surface area contributed by atoms with Crippen LogP contribution in [0, 0.1) is 12.3 Å². The predicted octanol–water partition coefficient (Wildman–Crippen LogP) is 1.63. The first-order valence-electron chi connectivity index (χ1n) is 6.60. The average Bonchev–Trinajstić information content (AvgIpc) is 2.82. The third-order valence-corrected chi connectivity index (χ3v) is 3.91. The zero-order valence-corrected chi connectivity index (χ0v) is 11.1. The zero-order valence-electron chi connectivity index (χ0n) is 11.1. The van der Waals surface area contributed by atoms with Gasteiger partial charge in [-0.15, -0.1) is 0 Å². The summed E-state index contributed by atoms with van der Waals surface area (Å²) in [5, 5.41) is 14.1. The highest BCUT2D eigenvalue weighted by atomic mass is 16.4. The van der Waals surface area contributed by atoms with Crippen LogP contribution >= 0.6 is 0 Å². The van der Waals surface area contributed by atoms with Gasteiger partial charge in [-0.1, -0.05) is 31.0 Å². The first-order valence-corrected chi connectivity index (χ1v) is 6.60. The second-order valence-corrected chi connectivity index (χ2v) is 5.31. The van der Waals surface area contributed by atoms with Crippen LogP contribution in [0.3, 0.4) is 0 Å². The quantitative estimate of drug-likeness (QED) is 0.894. The van der Waals surface area contributed by atoms with Crippen molar-refractivity contribution in [1.29, 1.82) is 0 Å². The highest BCUT2D eigenvalue weighted by molar-refractivity contribution is 5.94. The molecule has 1 aliphatic carbocycles. The molecule has 4 nitrogen and oxygen atoms in total. The Morgan fingerprint density at radius 1 is 1.26 bits per heavy atom. The van der Waals surface area contributed by atoms with Crippen molar-refractivity contribution in [3.05, 3.63) is 29.8 Å². The van der Waals surface area contributed by atoms with Gasteiger partial charge in [-0.25, -0.2) is 0 Å². The Hall–Kier alpha value is -1.84. The number of amides is 1. The van der Waals surface area contributed by atoms with E-state index in [2.05, 4.69) is 5.32 Å². The molecule has 0 spiro atoms. The lowest BCUT2D eigenvalue weighted by Gasteiger charge is -2.29. The number of hydrogen-bond donors (Lipinski definition) is 1. The maximum Gasteiger partial charge on any atom is 0.225 e. The molecule has 0 unspecified atom stereocenters. The predicted molar refractivity (Wildman–Crippen MR) is 70.3 cm³/mol. The summed E-state index contributed by atoms with van der Waals surface area (Å²) in [7, 11) is 0. The summed E-state index contributed by atoms with van der Waals surface area (Å²) in [6, 6.07) is 7.45. The number of carbonyl (C=O) groups excluding carboxylic acids is 2. The van der Waals surface area contributed by atoms with Gasteiger partial charge in [0.25, 0.3) is 0 Å². The Kier molecular flexibility index (Phi) is 3.88. The van der Waals surface area contributed by atoms with Gasteiger partial charge in [0.15, 0.2) is 0 Å². The summed E-state index contributed by atoms with van der Waals surface area (Å²) in [6.07, 6.45) is 2.79. The van der Waals surface area contributed by atoms with Crippen LogP contribution in [0.15, 0.2) is 24.3 Å². The molecule has 0 radical (unpaired) electrons. The number of aliphatic carboxylic acids is 1. The van der Waals surface area contributed by atoms with E-state index in [0.29, 0.717) is 12.8 Å². The minimum Gasteiger partial charge on any atom is -0.550 e. The van der Waals surface area contributed by atoms with E-state index in [0.717, 1.165) is 24.1 Å². The molecule has 0 atom stereocenters. The number of anilines is 1. The second kappa shape index (κ2) is 5.43. The standard InChI is InChI=1S/C15H19NO3/c1-11-6-2-3-7-12(11)16-13(17)10-15(14(18)19)8-4-5-9-15/h2-3,6-7H,4-5,8-10H2,1H3,(H,16,17)(H,18,19)/p-1. The minimum atomic E-state index is -1.09. The van der Waals surface area contributed by atoms with Gasteiger partial charge in [-0.2, -0.15) is 0 Å². The summed E-state index contributed by atoms with van der Waals surface area (Å²) in [4.78, 5) is 23.3. The molecule has 1 aromatic carbocycles. The zero-order chi connectivity index (χ0) is 13.9. The fraction of sp³-hybridized carbons (Fsp3) is 0.467. The third kappa shape index (κ3) is 2.95. The highest BCUT2D eigenvalue weighted by Gasteiger charge is 2.37. The van der Waals surface area contributed by atoms with Crippen molar-refractivity contribution in [1.82, 2.24) is 0 Å². The van der Waals surface area contributed by atoms with Crippen molar-refractivity contribution in [2.45, 2.75) is 39.0 Å². The van der Waals surface area contributed by atoms with E-state index in [4.69, 9.17) is 0 Å². The molecule has 0 aromatic heterocycles. The van der Waals surface area contributed by atoms with E-state index in [9.17, 15) is 14.7 Å². The molecular weight excluding hydrogens is 242 g/mol. The Morgan fingerprint density at radius 3 is 2.47 bits per heavy atom. The number of hydrogen-bond acceptors (Lipinski definition) is 3. The molecule has 19 heavy (non-hydrogen) atoms. The normalized spacial score (nSPS) is 17.1. The molecule has 1 N–H and O–H groups in total. The summed E-state index contributed by atoms with van der Waals surface area (Å²) < 4.78 is 0. The van der Waals surface area contributed by atoms with Crippen molar-refractivity contribution in [2.24, 2.45) is 5.41 Å². The Morgan fingerprint density at radius 2 is 1.89 bits per heavy atom. The molecule has 1 aromatic rings. The van der Waals surface area contributed by atoms with E-state index >= 15 is 0 Å². The lowest BCUT2D eigenvalue weighted by molar-refractivity contribution is -0.319. The summed E-state index contributed by atoms with van der Waals surface area (Å²) in [5.41, 5.74) is 0.732. The number of rotatable bonds is 4. The van der Waals surface area contributed by atoms with Crippen molar-refractivity contribution in [3.8, 4) is 0 Å². The lowest BCUT2D eigenvalue weighted by Crippen LogP contribution is -2.42. The van der Waals surface area contributed by atoms with E-state index in [1.165, 1.54) is 0 Å². The van der Waals surface area contributed by atoms with Crippen LogP contribution in [-0.2, 0) is 9.59 Å². The first-order chi connectivity index (χ1) is 9.03. The summed E-state index contributed by atoms with van der Waals surface area (Å²) in [5.74, 6) is -1.34. The largest absolute Gasteiger partial charge is 0.550 e. The number of benzene rings is 1. The van der Waals surface area contributed by atoms with Gasteiger partial charge < -0.3 is 15.2 Å². The van der Waals surface area contributed by atoms with Crippen molar-refractivity contribution >= 4 is 17.6 Å². The third-order valence-electron chi connectivity index (χ3n) is 3.91. The number of carboxylic acid groups (broad SMARTS) is 1. The Labute approximate surface area is 112 Å². The fourth-order valence-corrected chi connectivity index (χ4v) is 2.72. The van der Waals surface area contributed by atoms with E-state index < -0.39 is 11.4 Å². The topological polar surface area (TPSA) is 69.2 Å². The van der Waals surface area contributed by atoms with Crippen molar-refractivity contribution in [2.75, 3.05) is 5.32 Å². The molecule has 0 aliphatic heterocycles. The van der Waals surface area contributed by atoms with Crippen LogP contribution in [0.5, 0.6) is 0 Å². The van der Waals surface area contributed by atoms with Gasteiger partial charge >= 0.3 is 0 Å². The van der Waals surface area contributed by atoms with E-state index in [-0.39, 0.29) is 12.3 Å². The van der Waals surface area contributed by atoms with Gasteiger partial charge in [-0.3, -0.25) is 4.79 Å². The number of para-hydroxylation sites is 1. The average molecular weight is 260 g/mol. The SMILES string of the molecule is Cc1ccccc1NC(=O)CC1(C(=O)[O-])CCCC1. The second-order valence-electron chi connectivity index (χ2n) is 5.31. The number of aryl methyl sites for hydroxylation is 1. The molecule has 1 saturated carbocycles. The fourth-order valence-electron chi connectivity index (χ4n) is 2.72. The van der Waals surface area contributed by atoms with Crippen LogP contribution in [-0.4, -0.2) is 11.9 Å². The van der Waals surface area contributed by atoms with Crippen LogP contribution < -0.4 is 10.4 Å². The van der Waals surface area contributed by atoms with Gasteiger partial charge in [0, 0.05) is 23.5 Å². The van der Waals surface area contributed by atoms with E-state index in [1.54, 1.807) is 0 Å². The highest BCUT2D eigenvalue weighted by Crippen LogP contribution is 2.40. The summed E-state index contributed by atoms with van der Waals surface area (Å²) in [6.45, 7) is 1.90. The van der Waals surface area contributed by atoms with Gasteiger partial charge in [0.1, 0.15) is 0 Å². The number of carbonyl (C=O) groups is 2. The molecular formula is C15H18NO3-. The maximum atomic E-state index is 12.0. The van der Waals surface area contributed by atoms with Crippen LogP contribution in [0.25, 0.3) is 0 Å². The molecule has 1 aliphatic rings. The minimum absolute atomic E-state index is 0.00364. The van der Waals surface area contributed by atoms with Crippen molar-refractivity contribution in [3.63, 3.8) is 0 Å². The number of nitrogens with one attached hydrogen (secondary N) is 1. The summed E-state index contributed by atoms with van der Waals surface area (Å²) >= 11 is 0. The van der Waals surface area contributed by atoms with Gasteiger partial charge in [-0.05, 0) is 31.4 Å². The van der Waals surface area contributed by atoms with Gasteiger partial charge in [0.05, 0.1) is 0 Å². The molecule has 1 fully saturated rings. The molecule has 1 amide bonds.